The summed E-state index contributed by atoms with van der Waals surface area (Å²) in [7, 11) is 2.14. The van der Waals surface area contributed by atoms with E-state index in [2.05, 4.69) is 45.2 Å². The molecule has 0 N–H and O–H groups in total. The molecule has 6 rings (SSSR count). The number of hydrogen-bond acceptors (Lipinski definition) is 5. The van der Waals surface area contributed by atoms with Crippen molar-refractivity contribution in [1.82, 2.24) is 24.3 Å². The molecule has 0 bridgehead atoms. The topological polar surface area (TPSA) is 82.5 Å². The summed E-state index contributed by atoms with van der Waals surface area (Å²) >= 11 is 0. The van der Waals surface area contributed by atoms with Gasteiger partial charge in [0.2, 0.25) is 5.91 Å². The molecule has 3 aromatic rings. The molecule has 3 atom stereocenters. The summed E-state index contributed by atoms with van der Waals surface area (Å²) < 4.78 is 3.89. The van der Waals surface area contributed by atoms with E-state index in [0.29, 0.717) is 12.6 Å². The number of likely N-dealkylation sites (tertiary alicyclic amines) is 1. The quantitative estimate of drug-likeness (QED) is 0.637. The molecule has 1 saturated carbocycles. The first-order valence-electron chi connectivity index (χ1n) is 11.4. The average molecular weight is 430 g/mol. The number of carbonyl (C=O) groups is 1. The molecule has 2 saturated heterocycles. The number of amides is 1. The van der Waals surface area contributed by atoms with Gasteiger partial charge in [-0.1, -0.05) is 6.92 Å². The van der Waals surface area contributed by atoms with Gasteiger partial charge in [-0.05, 0) is 50.9 Å². The molecular formula is C24H27N7O. The summed E-state index contributed by atoms with van der Waals surface area (Å²) in [6.45, 7) is 4.71. The van der Waals surface area contributed by atoms with E-state index >= 15 is 0 Å². The van der Waals surface area contributed by atoms with Crippen LogP contribution in [0.3, 0.4) is 0 Å². The number of anilines is 1. The molecule has 3 fully saturated rings. The standard InChI is InChI=1S/C24H27N7O/c1-16-11-29(23(32)24(16,15-25)19-3-4-19)21-5-7-26-31-12-17(9-22(21)31)18-10-27-30(13-18)20-6-8-28(2)14-20/h5,7,9-10,12-13,16,19-20H,3-4,6,8,11,14H2,1-2H3/t16-,20?,24+/m1/s1. The molecule has 3 aromatic heterocycles. The van der Waals surface area contributed by atoms with Crippen molar-refractivity contribution in [2.24, 2.45) is 17.3 Å². The molecule has 3 aliphatic rings. The zero-order valence-electron chi connectivity index (χ0n) is 18.5. The van der Waals surface area contributed by atoms with E-state index in [4.69, 9.17) is 0 Å². The normalized spacial score (nSPS) is 28.7. The Kier molecular flexibility index (Phi) is 4.21. The summed E-state index contributed by atoms with van der Waals surface area (Å²) in [6.07, 6.45) is 10.8. The van der Waals surface area contributed by atoms with Gasteiger partial charge >= 0.3 is 0 Å². The highest BCUT2D eigenvalue weighted by atomic mass is 16.2. The number of aromatic nitrogens is 4. The molecule has 32 heavy (non-hydrogen) atoms. The third kappa shape index (κ3) is 2.74. The minimum atomic E-state index is -0.884. The summed E-state index contributed by atoms with van der Waals surface area (Å²) in [5.74, 6) is 0.155. The fourth-order valence-corrected chi connectivity index (χ4v) is 5.71. The van der Waals surface area contributed by atoms with Crippen molar-refractivity contribution in [3.05, 3.63) is 36.9 Å². The van der Waals surface area contributed by atoms with Crippen LogP contribution >= 0.6 is 0 Å². The minimum absolute atomic E-state index is 0.0120. The predicted octanol–water partition coefficient (Wildman–Crippen LogP) is 2.98. The van der Waals surface area contributed by atoms with Crippen molar-refractivity contribution < 1.29 is 4.79 Å². The predicted molar refractivity (Wildman–Crippen MR) is 120 cm³/mol. The molecule has 0 spiro atoms. The number of nitrogens with zero attached hydrogens (tertiary/aromatic N) is 7. The number of hydrogen-bond donors (Lipinski definition) is 0. The molecule has 5 heterocycles. The van der Waals surface area contributed by atoms with Crippen LogP contribution in [0.4, 0.5) is 5.69 Å². The highest BCUT2D eigenvalue weighted by Crippen LogP contribution is 2.54. The zero-order valence-corrected chi connectivity index (χ0v) is 18.5. The highest BCUT2D eigenvalue weighted by Gasteiger charge is 2.61. The number of likely N-dealkylation sites (N-methyl/N-ethyl adjacent to an activating group) is 1. The van der Waals surface area contributed by atoms with E-state index in [-0.39, 0.29) is 17.7 Å². The number of fused-ring (bicyclic) bond motifs is 1. The molecule has 1 aliphatic carbocycles. The maximum Gasteiger partial charge on any atom is 0.248 e. The third-order valence-electron chi connectivity index (χ3n) is 7.69. The van der Waals surface area contributed by atoms with Gasteiger partial charge in [0.25, 0.3) is 0 Å². The van der Waals surface area contributed by atoms with Crippen LogP contribution in [0.2, 0.25) is 0 Å². The van der Waals surface area contributed by atoms with Gasteiger partial charge in [-0.15, -0.1) is 0 Å². The SMILES string of the molecule is C[C@@H]1CN(c2ccnn3cc(-c4cnn(C5CCN(C)C5)c4)cc23)C(=O)[C@]1(C#N)C1CC1. The van der Waals surface area contributed by atoms with E-state index in [9.17, 15) is 10.1 Å². The molecule has 1 unspecified atom stereocenters. The van der Waals surface area contributed by atoms with Crippen molar-refractivity contribution in [2.75, 3.05) is 31.6 Å². The molecule has 2 aliphatic heterocycles. The number of rotatable bonds is 4. The lowest BCUT2D eigenvalue weighted by Crippen LogP contribution is -2.37. The van der Waals surface area contributed by atoms with Crippen molar-refractivity contribution >= 4 is 17.1 Å². The van der Waals surface area contributed by atoms with Gasteiger partial charge in [0.1, 0.15) is 5.41 Å². The van der Waals surface area contributed by atoms with Gasteiger partial charge in [-0.3, -0.25) is 9.48 Å². The molecular weight excluding hydrogens is 402 g/mol. The molecule has 0 radical (unpaired) electrons. The number of nitriles is 1. The highest BCUT2D eigenvalue weighted by molar-refractivity contribution is 6.05. The Balaban J connectivity index is 1.35. The van der Waals surface area contributed by atoms with Gasteiger partial charge in [-0.25, -0.2) is 4.52 Å². The molecule has 8 nitrogen and oxygen atoms in total. The maximum absolute atomic E-state index is 13.5. The largest absolute Gasteiger partial charge is 0.309 e. The lowest BCUT2D eigenvalue weighted by molar-refractivity contribution is -0.124. The minimum Gasteiger partial charge on any atom is -0.309 e. The van der Waals surface area contributed by atoms with E-state index in [1.165, 1.54) is 0 Å². The van der Waals surface area contributed by atoms with Crippen molar-refractivity contribution in [1.29, 1.82) is 5.26 Å². The lowest BCUT2D eigenvalue weighted by atomic mass is 9.75. The maximum atomic E-state index is 13.5. The molecule has 0 aromatic carbocycles. The first kappa shape index (κ1) is 19.5. The Labute approximate surface area is 187 Å². The van der Waals surface area contributed by atoms with Gasteiger partial charge < -0.3 is 9.80 Å². The van der Waals surface area contributed by atoms with Crippen molar-refractivity contribution in [3.63, 3.8) is 0 Å². The van der Waals surface area contributed by atoms with Gasteiger partial charge in [-0.2, -0.15) is 15.5 Å². The second-order valence-electron chi connectivity index (χ2n) is 9.76. The Bertz CT molecular complexity index is 1250. The van der Waals surface area contributed by atoms with Gasteiger partial charge in [0, 0.05) is 48.7 Å². The lowest BCUT2D eigenvalue weighted by Gasteiger charge is -2.23. The summed E-state index contributed by atoms with van der Waals surface area (Å²) in [5.41, 5.74) is 2.88. The second-order valence-corrected chi connectivity index (χ2v) is 9.76. The second kappa shape index (κ2) is 6.91. The van der Waals surface area contributed by atoms with Crippen LogP contribution in [-0.2, 0) is 4.79 Å². The number of carbonyl (C=O) groups excluding carboxylic acids is 1. The third-order valence-corrected chi connectivity index (χ3v) is 7.69. The zero-order chi connectivity index (χ0) is 22.0. The summed E-state index contributed by atoms with van der Waals surface area (Å²) in [4.78, 5) is 17.6. The average Bonchev–Trinajstić information content (AvgIpc) is 3.14. The van der Waals surface area contributed by atoms with Crippen LogP contribution in [0.5, 0.6) is 0 Å². The van der Waals surface area contributed by atoms with Gasteiger partial charge in [0.15, 0.2) is 0 Å². The van der Waals surface area contributed by atoms with E-state index in [1.54, 1.807) is 6.20 Å². The fraction of sp³-hybridized carbons (Fsp3) is 0.500. The van der Waals surface area contributed by atoms with Crippen LogP contribution in [0, 0.1) is 28.6 Å². The van der Waals surface area contributed by atoms with Crippen LogP contribution in [0.1, 0.15) is 32.2 Å². The Hall–Kier alpha value is -3.18. The smallest absolute Gasteiger partial charge is 0.248 e. The van der Waals surface area contributed by atoms with Gasteiger partial charge in [0.05, 0.1) is 29.5 Å². The van der Waals surface area contributed by atoms with Crippen molar-refractivity contribution in [2.45, 2.75) is 32.2 Å². The van der Waals surface area contributed by atoms with E-state index in [0.717, 1.165) is 54.7 Å². The van der Waals surface area contributed by atoms with E-state index < -0.39 is 5.41 Å². The molecule has 164 valence electrons. The molecule has 1 amide bonds. The Morgan fingerprint density at radius 1 is 1.16 bits per heavy atom. The summed E-state index contributed by atoms with van der Waals surface area (Å²) in [6, 6.07) is 6.80. The van der Waals surface area contributed by atoms with Crippen molar-refractivity contribution in [3.8, 4) is 17.2 Å². The monoisotopic (exact) mass is 429 g/mol. The molecule has 8 heteroatoms. The van der Waals surface area contributed by atoms with E-state index in [1.807, 2.05) is 34.8 Å². The fourth-order valence-electron chi connectivity index (χ4n) is 5.71. The first-order valence-corrected chi connectivity index (χ1v) is 11.4. The summed E-state index contributed by atoms with van der Waals surface area (Å²) in [5, 5.41) is 19.1. The first-order chi connectivity index (χ1) is 15.5. The van der Waals surface area contributed by atoms with Crippen LogP contribution in [0.25, 0.3) is 16.6 Å². The van der Waals surface area contributed by atoms with Crippen LogP contribution in [0.15, 0.2) is 36.9 Å². The van der Waals surface area contributed by atoms with Crippen LogP contribution in [-0.4, -0.2) is 56.9 Å². The van der Waals surface area contributed by atoms with Crippen LogP contribution < -0.4 is 4.90 Å². The Morgan fingerprint density at radius 3 is 2.72 bits per heavy atom. The Morgan fingerprint density at radius 2 is 2.00 bits per heavy atom.